The minimum atomic E-state index is -0.549. The van der Waals surface area contributed by atoms with Gasteiger partial charge in [0, 0.05) is 32.6 Å². The Labute approximate surface area is 168 Å². The van der Waals surface area contributed by atoms with Gasteiger partial charge in [0.25, 0.3) is 0 Å². The van der Waals surface area contributed by atoms with Gasteiger partial charge in [0.15, 0.2) is 0 Å². The molecule has 1 aromatic rings. The lowest BCUT2D eigenvalue weighted by Crippen LogP contribution is -2.33. The second-order valence-corrected chi connectivity index (χ2v) is 7.07. The lowest BCUT2D eigenvalue weighted by molar-refractivity contribution is -0.119. The number of carbonyl (C=O) groups excluding carboxylic acids is 2. The van der Waals surface area contributed by atoms with Crippen LogP contribution in [0.3, 0.4) is 0 Å². The van der Waals surface area contributed by atoms with Gasteiger partial charge in [0.2, 0.25) is 5.91 Å². The fourth-order valence-corrected chi connectivity index (χ4v) is 3.52. The highest BCUT2D eigenvalue weighted by Crippen LogP contribution is 2.30. The third-order valence-electron chi connectivity index (χ3n) is 5.04. The number of benzene rings is 1. The first-order chi connectivity index (χ1) is 14.0. The molecule has 0 unspecified atom stereocenters. The SMILES string of the molecule is CC(=O)NC[C@H]1CN(c2ccc(N3CCC(=CC/C=N/O)CC3)c(F)c2)C(=O)O1. The zero-order valence-electron chi connectivity index (χ0n) is 16.3. The van der Waals surface area contributed by atoms with Gasteiger partial charge in [-0.3, -0.25) is 9.69 Å². The first kappa shape index (κ1) is 20.6. The molecule has 1 atom stereocenters. The van der Waals surface area contributed by atoms with Gasteiger partial charge in [0.05, 0.1) is 24.5 Å². The number of nitrogens with one attached hydrogen (secondary N) is 1. The van der Waals surface area contributed by atoms with E-state index in [0.29, 0.717) is 30.9 Å². The van der Waals surface area contributed by atoms with Gasteiger partial charge < -0.3 is 20.2 Å². The molecule has 0 radical (unpaired) electrons. The number of hydrogen-bond acceptors (Lipinski definition) is 6. The van der Waals surface area contributed by atoms with Crippen LogP contribution in [-0.4, -0.2) is 55.7 Å². The van der Waals surface area contributed by atoms with Crippen molar-refractivity contribution in [2.24, 2.45) is 5.16 Å². The van der Waals surface area contributed by atoms with E-state index in [1.165, 1.54) is 29.7 Å². The van der Waals surface area contributed by atoms with Crippen LogP contribution in [-0.2, 0) is 9.53 Å². The van der Waals surface area contributed by atoms with E-state index in [1.54, 1.807) is 12.1 Å². The number of piperidine rings is 1. The van der Waals surface area contributed by atoms with E-state index in [2.05, 4.69) is 10.5 Å². The minimum Gasteiger partial charge on any atom is -0.442 e. The molecule has 9 heteroatoms. The zero-order chi connectivity index (χ0) is 20.8. The summed E-state index contributed by atoms with van der Waals surface area (Å²) in [7, 11) is 0. The van der Waals surface area contributed by atoms with Gasteiger partial charge in [-0.25, -0.2) is 9.18 Å². The molecule has 2 heterocycles. The number of nitrogens with zero attached hydrogens (tertiary/aromatic N) is 3. The molecule has 8 nitrogen and oxygen atoms in total. The van der Waals surface area contributed by atoms with E-state index in [0.717, 1.165) is 12.8 Å². The molecule has 1 aromatic carbocycles. The van der Waals surface area contributed by atoms with Gasteiger partial charge in [-0.15, -0.1) is 5.16 Å². The number of rotatable bonds is 6. The Hall–Kier alpha value is -3.10. The molecule has 156 valence electrons. The number of hydrogen-bond donors (Lipinski definition) is 2. The summed E-state index contributed by atoms with van der Waals surface area (Å²) in [6.07, 6.45) is 4.69. The summed E-state index contributed by atoms with van der Waals surface area (Å²) in [4.78, 5) is 26.5. The first-order valence-corrected chi connectivity index (χ1v) is 9.59. The van der Waals surface area contributed by atoms with Crippen LogP contribution in [0.4, 0.5) is 20.6 Å². The molecule has 0 aliphatic carbocycles. The molecule has 0 bridgehead atoms. The van der Waals surface area contributed by atoms with Crippen LogP contribution in [0.25, 0.3) is 0 Å². The summed E-state index contributed by atoms with van der Waals surface area (Å²) in [6, 6.07) is 4.75. The molecule has 2 aliphatic rings. The number of oxime groups is 1. The number of ether oxygens (including phenoxy) is 1. The van der Waals surface area contributed by atoms with Crippen molar-refractivity contribution < 1.29 is 23.9 Å². The van der Waals surface area contributed by atoms with E-state index in [4.69, 9.17) is 9.94 Å². The molecule has 0 spiro atoms. The highest BCUT2D eigenvalue weighted by molar-refractivity contribution is 5.90. The zero-order valence-corrected chi connectivity index (χ0v) is 16.3. The number of anilines is 2. The van der Waals surface area contributed by atoms with Gasteiger partial charge in [0.1, 0.15) is 11.9 Å². The van der Waals surface area contributed by atoms with Crippen LogP contribution in [0.15, 0.2) is 35.0 Å². The lowest BCUT2D eigenvalue weighted by atomic mass is 10.0. The third-order valence-corrected chi connectivity index (χ3v) is 5.04. The van der Waals surface area contributed by atoms with Crippen molar-refractivity contribution in [1.29, 1.82) is 0 Å². The molecule has 29 heavy (non-hydrogen) atoms. The van der Waals surface area contributed by atoms with Crippen LogP contribution in [0.2, 0.25) is 0 Å². The van der Waals surface area contributed by atoms with Gasteiger partial charge in [-0.2, -0.15) is 0 Å². The maximum Gasteiger partial charge on any atom is 0.414 e. The average molecular weight is 404 g/mol. The molecular weight excluding hydrogens is 379 g/mol. The molecule has 0 saturated carbocycles. The molecule has 2 amide bonds. The standard InChI is InChI=1S/C20H25FN4O4/c1-14(26)22-12-17-13-25(20(27)29-17)16-4-5-19(18(21)11-16)24-9-6-15(7-10-24)3-2-8-23-28/h3-5,8,11,17,28H,2,6-7,9-10,12-13H2,1H3,(H,22,26)/b23-8+/t17-/m0/s1. The summed E-state index contributed by atoms with van der Waals surface area (Å²) in [5.41, 5.74) is 2.21. The predicted octanol–water partition coefficient (Wildman–Crippen LogP) is 2.66. The Morgan fingerprint density at radius 3 is 2.83 bits per heavy atom. The molecule has 2 saturated heterocycles. The Morgan fingerprint density at radius 2 is 2.17 bits per heavy atom. The molecule has 2 fully saturated rings. The van der Waals surface area contributed by atoms with Crippen molar-refractivity contribution in [3.8, 4) is 0 Å². The quantitative estimate of drug-likeness (QED) is 0.329. The van der Waals surface area contributed by atoms with Crippen molar-refractivity contribution in [1.82, 2.24) is 5.32 Å². The van der Waals surface area contributed by atoms with Gasteiger partial charge >= 0.3 is 6.09 Å². The molecular formula is C20H25FN4O4. The lowest BCUT2D eigenvalue weighted by Gasteiger charge is -2.31. The second-order valence-electron chi connectivity index (χ2n) is 7.07. The fourth-order valence-electron chi connectivity index (χ4n) is 3.52. The maximum atomic E-state index is 14.8. The van der Waals surface area contributed by atoms with E-state index in [-0.39, 0.29) is 24.8 Å². The Morgan fingerprint density at radius 1 is 1.41 bits per heavy atom. The van der Waals surface area contributed by atoms with Gasteiger partial charge in [-0.05, 0) is 31.0 Å². The highest BCUT2D eigenvalue weighted by Gasteiger charge is 2.33. The molecule has 3 rings (SSSR count). The number of amides is 2. The van der Waals surface area contributed by atoms with E-state index < -0.39 is 12.2 Å². The number of allylic oxidation sites excluding steroid dienone is 1. The Bertz CT molecular complexity index is 817. The van der Waals surface area contributed by atoms with Crippen molar-refractivity contribution >= 4 is 29.6 Å². The largest absolute Gasteiger partial charge is 0.442 e. The molecule has 2 N–H and O–H groups in total. The average Bonchev–Trinajstić information content (AvgIpc) is 3.08. The molecule has 0 aromatic heterocycles. The third kappa shape index (κ3) is 5.24. The molecule has 2 aliphatic heterocycles. The van der Waals surface area contributed by atoms with Crippen LogP contribution < -0.4 is 15.1 Å². The van der Waals surface area contributed by atoms with Crippen LogP contribution in [0.1, 0.15) is 26.2 Å². The van der Waals surface area contributed by atoms with Crippen LogP contribution in [0, 0.1) is 5.82 Å². The van der Waals surface area contributed by atoms with E-state index >= 15 is 0 Å². The fraction of sp³-hybridized carbons (Fsp3) is 0.450. The van der Waals surface area contributed by atoms with Gasteiger partial charge in [-0.1, -0.05) is 11.6 Å². The summed E-state index contributed by atoms with van der Waals surface area (Å²) < 4.78 is 20.0. The van der Waals surface area contributed by atoms with E-state index in [9.17, 15) is 14.0 Å². The highest BCUT2D eigenvalue weighted by atomic mass is 19.1. The van der Waals surface area contributed by atoms with Crippen molar-refractivity contribution in [3.63, 3.8) is 0 Å². The summed E-state index contributed by atoms with van der Waals surface area (Å²) in [5.74, 6) is -0.587. The second kappa shape index (κ2) is 9.40. The summed E-state index contributed by atoms with van der Waals surface area (Å²) in [5, 5.41) is 14.0. The maximum absolute atomic E-state index is 14.8. The van der Waals surface area contributed by atoms with Crippen molar-refractivity contribution in [2.45, 2.75) is 32.3 Å². The first-order valence-electron chi connectivity index (χ1n) is 9.59. The monoisotopic (exact) mass is 404 g/mol. The number of cyclic esters (lactones) is 1. The van der Waals surface area contributed by atoms with Crippen LogP contribution >= 0.6 is 0 Å². The Balaban J connectivity index is 1.61. The number of carbonyl (C=O) groups is 2. The van der Waals surface area contributed by atoms with Crippen molar-refractivity contribution in [3.05, 3.63) is 35.7 Å². The minimum absolute atomic E-state index is 0.198. The summed E-state index contributed by atoms with van der Waals surface area (Å²) >= 11 is 0. The topological polar surface area (TPSA) is 94.5 Å². The predicted molar refractivity (Wildman–Crippen MR) is 107 cm³/mol. The van der Waals surface area contributed by atoms with E-state index in [1.807, 2.05) is 11.0 Å². The van der Waals surface area contributed by atoms with Crippen molar-refractivity contribution in [2.75, 3.05) is 36.0 Å². The summed E-state index contributed by atoms with van der Waals surface area (Å²) in [6.45, 7) is 3.27. The smallest absolute Gasteiger partial charge is 0.414 e. The number of halogens is 1. The van der Waals surface area contributed by atoms with Crippen LogP contribution in [0.5, 0.6) is 0 Å². The normalized spacial score (nSPS) is 19.6. The Kier molecular flexibility index (Phi) is 6.69.